The molecule has 2 heteroatoms. The van der Waals surface area contributed by atoms with Crippen molar-refractivity contribution in [3.05, 3.63) is 21.9 Å². The standard InChI is InChI=1S/C11H17NS/c1-2-3-8-4-5-10-9(11(8)12)6-7-13-10/h6-8,11H,2-5,12H2,1H3. The molecule has 13 heavy (non-hydrogen) atoms. The SMILES string of the molecule is CCCC1CCc2sccc2C1N. The molecule has 1 heterocycles. The van der Waals surface area contributed by atoms with Crippen LogP contribution < -0.4 is 5.73 Å². The highest BCUT2D eigenvalue weighted by atomic mass is 32.1. The molecule has 0 aliphatic heterocycles. The van der Waals surface area contributed by atoms with Crippen molar-refractivity contribution in [2.75, 3.05) is 0 Å². The molecule has 0 fully saturated rings. The van der Waals surface area contributed by atoms with Gasteiger partial charge in [-0.25, -0.2) is 0 Å². The van der Waals surface area contributed by atoms with Crippen LogP contribution in [0.1, 0.15) is 42.7 Å². The molecule has 2 N–H and O–H groups in total. The Bertz CT molecular complexity index is 279. The third-order valence-corrected chi connectivity index (χ3v) is 4.05. The van der Waals surface area contributed by atoms with Gasteiger partial charge in [0, 0.05) is 10.9 Å². The van der Waals surface area contributed by atoms with E-state index in [1.807, 2.05) is 11.3 Å². The topological polar surface area (TPSA) is 26.0 Å². The number of fused-ring (bicyclic) bond motifs is 1. The van der Waals surface area contributed by atoms with Gasteiger partial charge in [-0.05, 0) is 42.2 Å². The van der Waals surface area contributed by atoms with Gasteiger partial charge in [-0.1, -0.05) is 13.3 Å². The molecule has 2 rings (SSSR count). The molecule has 0 saturated heterocycles. The number of nitrogens with two attached hydrogens (primary N) is 1. The third kappa shape index (κ3) is 1.65. The van der Waals surface area contributed by atoms with E-state index in [1.54, 1.807) is 0 Å². The zero-order valence-corrected chi connectivity index (χ0v) is 8.94. The lowest BCUT2D eigenvalue weighted by Gasteiger charge is -2.28. The Kier molecular flexibility index (Phi) is 2.70. The van der Waals surface area contributed by atoms with Crippen LogP contribution in [0.25, 0.3) is 0 Å². The summed E-state index contributed by atoms with van der Waals surface area (Å²) in [5, 5.41) is 2.18. The van der Waals surface area contributed by atoms with E-state index in [2.05, 4.69) is 18.4 Å². The second-order valence-electron chi connectivity index (χ2n) is 3.91. The van der Waals surface area contributed by atoms with E-state index < -0.39 is 0 Å². The fourth-order valence-electron chi connectivity index (χ4n) is 2.30. The van der Waals surface area contributed by atoms with Crippen molar-refractivity contribution < 1.29 is 0 Å². The molecule has 0 radical (unpaired) electrons. The van der Waals surface area contributed by atoms with Gasteiger partial charge in [-0.2, -0.15) is 0 Å². The van der Waals surface area contributed by atoms with Crippen molar-refractivity contribution in [1.82, 2.24) is 0 Å². The monoisotopic (exact) mass is 195 g/mol. The molecule has 2 atom stereocenters. The van der Waals surface area contributed by atoms with Crippen LogP contribution in [0.15, 0.2) is 11.4 Å². The summed E-state index contributed by atoms with van der Waals surface area (Å²) in [4.78, 5) is 1.53. The molecular formula is C11H17NS. The van der Waals surface area contributed by atoms with Gasteiger partial charge in [0.05, 0.1) is 0 Å². The summed E-state index contributed by atoms with van der Waals surface area (Å²) in [6.07, 6.45) is 5.10. The highest BCUT2D eigenvalue weighted by Gasteiger charge is 2.26. The summed E-state index contributed by atoms with van der Waals surface area (Å²) in [7, 11) is 0. The van der Waals surface area contributed by atoms with Crippen LogP contribution in [0.4, 0.5) is 0 Å². The van der Waals surface area contributed by atoms with E-state index in [0.29, 0.717) is 6.04 Å². The van der Waals surface area contributed by atoms with E-state index in [9.17, 15) is 0 Å². The van der Waals surface area contributed by atoms with Gasteiger partial charge >= 0.3 is 0 Å². The summed E-state index contributed by atoms with van der Waals surface area (Å²) in [6, 6.07) is 2.53. The predicted molar refractivity (Wildman–Crippen MR) is 58.0 cm³/mol. The highest BCUT2D eigenvalue weighted by Crippen LogP contribution is 2.37. The van der Waals surface area contributed by atoms with Gasteiger partial charge < -0.3 is 5.73 Å². The lowest BCUT2D eigenvalue weighted by atomic mass is 9.82. The Balaban J connectivity index is 2.17. The van der Waals surface area contributed by atoms with Crippen molar-refractivity contribution in [2.24, 2.45) is 11.7 Å². The van der Waals surface area contributed by atoms with Crippen molar-refractivity contribution in [1.29, 1.82) is 0 Å². The fourth-order valence-corrected chi connectivity index (χ4v) is 3.25. The fraction of sp³-hybridized carbons (Fsp3) is 0.636. The summed E-state index contributed by atoms with van der Waals surface area (Å²) < 4.78 is 0. The van der Waals surface area contributed by atoms with Gasteiger partial charge in [0.25, 0.3) is 0 Å². The minimum absolute atomic E-state index is 0.315. The van der Waals surface area contributed by atoms with Crippen molar-refractivity contribution in [2.45, 2.75) is 38.6 Å². The maximum atomic E-state index is 6.23. The largest absolute Gasteiger partial charge is 0.324 e. The van der Waals surface area contributed by atoms with Crippen LogP contribution in [0.2, 0.25) is 0 Å². The minimum Gasteiger partial charge on any atom is -0.324 e. The van der Waals surface area contributed by atoms with Crippen LogP contribution in [-0.2, 0) is 6.42 Å². The molecule has 2 unspecified atom stereocenters. The van der Waals surface area contributed by atoms with E-state index >= 15 is 0 Å². The number of hydrogen-bond donors (Lipinski definition) is 1. The molecule has 0 saturated carbocycles. The van der Waals surface area contributed by atoms with Crippen LogP contribution in [0, 0.1) is 5.92 Å². The Morgan fingerprint density at radius 1 is 1.62 bits per heavy atom. The summed E-state index contributed by atoms with van der Waals surface area (Å²) in [5.74, 6) is 0.729. The van der Waals surface area contributed by atoms with Gasteiger partial charge in [0.15, 0.2) is 0 Å². The van der Waals surface area contributed by atoms with Gasteiger partial charge in [0.2, 0.25) is 0 Å². The number of thiophene rings is 1. The third-order valence-electron chi connectivity index (χ3n) is 3.05. The van der Waals surface area contributed by atoms with Crippen LogP contribution >= 0.6 is 11.3 Å². The first-order valence-corrected chi connectivity index (χ1v) is 6.02. The predicted octanol–water partition coefficient (Wildman–Crippen LogP) is 3.11. The van der Waals surface area contributed by atoms with E-state index in [-0.39, 0.29) is 0 Å². The molecule has 0 amide bonds. The number of hydrogen-bond acceptors (Lipinski definition) is 2. The van der Waals surface area contributed by atoms with Crippen molar-refractivity contribution in [3.8, 4) is 0 Å². The highest BCUT2D eigenvalue weighted by molar-refractivity contribution is 7.10. The van der Waals surface area contributed by atoms with Gasteiger partial charge in [-0.3, -0.25) is 0 Å². The average molecular weight is 195 g/mol. The molecule has 1 aromatic rings. The molecule has 72 valence electrons. The quantitative estimate of drug-likeness (QED) is 0.771. The average Bonchev–Trinajstić information content (AvgIpc) is 2.58. The molecule has 0 bridgehead atoms. The van der Waals surface area contributed by atoms with Crippen molar-refractivity contribution >= 4 is 11.3 Å². The zero-order chi connectivity index (χ0) is 9.26. The first kappa shape index (κ1) is 9.22. The summed E-state index contributed by atoms with van der Waals surface area (Å²) in [6.45, 7) is 2.25. The maximum absolute atomic E-state index is 6.23. The second kappa shape index (κ2) is 3.81. The van der Waals surface area contributed by atoms with Gasteiger partial charge in [0.1, 0.15) is 0 Å². The van der Waals surface area contributed by atoms with E-state index in [0.717, 1.165) is 5.92 Å². The molecule has 1 aromatic heterocycles. The van der Waals surface area contributed by atoms with Gasteiger partial charge in [-0.15, -0.1) is 11.3 Å². The second-order valence-corrected chi connectivity index (χ2v) is 4.91. The summed E-state index contributed by atoms with van der Waals surface area (Å²) >= 11 is 1.87. The Morgan fingerprint density at radius 2 is 2.46 bits per heavy atom. The molecule has 1 nitrogen and oxygen atoms in total. The van der Waals surface area contributed by atoms with E-state index in [1.165, 1.54) is 36.1 Å². The molecule has 0 spiro atoms. The van der Waals surface area contributed by atoms with Crippen molar-refractivity contribution in [3.63, 3.8) is 0 Å². The Hall–Kier alpha value is -0.340. The maximum Gasteiger partial charge on any atom is 0.0334 e. The lowest BCUT2D eigenvalue weighted by molar-refractivity contribution is 0.355. The number of aryl methyl sites for hydroxylation is 1. The molecule has 1 aliphatic carbocycles. The Labute approximate surface area is 84.0 Å². The smallest absolute Gasteiger partial charge is 0.0334 e. The van der Waals surface area contributed by atoms with Crippen LogP contribution in [0.5, 0.6) is 0 Å². The summed E-state index contributed by atoms with van der Waals surface area (Å²) in [5.41, 5.74) is 7.65. The number of rotatable bonds is 2. The lowest BCUT2D eigenvalue weighted by Crippen LogP contribution is -2.25. The minimum atomic E-state index is 0.315. The molecular weight excluding hydrogens is 178 g/mol. The first-order valence-electron chi connectivity index (χ1n) is 5.14. The van der Waals surface area contributed by atoms with E-state index in [4.69, 9.17) is 5.73 Å². The Morgan fingerprint density at radius 3 is 3.23 bits per heavy atom. The normalized spacial score (nSPS) is 27.2. The molecule has 1 aliphatic rings. The first-order chi connectivity index (χ1) is 6.33. The van der Waals surface area contributed by atoms with Crippen LogP contribution in [-0.4, -0.2) is 0 Å². The zero-order valence-electron chi connectivity index (χ0n) is 8.12. The molecule has 0 aromatic carbocycles. The van der Waals surface area contributed by atoms with Crippen LogP contribution in [0.3, 0.4) is 0 Å².